The molecular weight excluding hydrogens is 391 g/mol. The number of aliphatic imine (C=N–C) groups is 1. The summed E-state index contributed by atoms with van der Waals surface area (Å²) in [6.07, 6.45) is 5.32. The average molecular weight is 424 g/mol. The van der Waals surface area contributed by atoms with Gasteiger partial charge in [-0.2, -0.15) is 0 Å². The molecule has 130 valence electrons. The van der Waals surface area contributed by atoms with E-state index in [4.69, 9.17) is 4.74 Å². The number of nitrogens with one attached hydrogen (secondary N) is 1. The number of ether oxygens (including phenoxy) is 1. The third-order valence-corrected chi connectivity index (χ3v) is 4.63. The summed E-state index contributed by atoms with van der Waals surface area (Å²) < 4.78 is 5.72. The zero-order chi connectivity index (χ0) is 15.1. The van der Waals surface area contributed by atoms with E-state index in [1.165, 1.54) is 25.9 Å². The maximum Gasteiger partial charge on any atom is 0.193 e. The van der Waals surface area contributed by atoms with Crippen LogP contribution >= 0.6 is 24.0 Å². The summed E-state index contributed by atoms with van der Waals surface area (Å²) in [5.41, 5.74) is 0. The second-order valence-corrected chi connectivity index (χ2v) is 6.34. The van der Waals surface area contributed by atoms with Crippen molar-refractivity contribution < 1.29 is 4.74 Å². The van der Waals surface area contributed by atoms with Crippen molar-refractivity contribution in [1.29, 1.82) is 0 Å². The first-order valence-electron chi connectivity index (χ1n) is 8.48. The zero-order valence-corrected chi connectivity index (χ0v) is 16.7. The first-order valence-corrected chi connectivity index (χ1v) is 8.48. The molecule has 2 rings (SSSR count). The highest BCUT2D eigenvalue weighted by Crippen LogP contribution is 2.16. The number of hydrogen-bond donors (Lipinski definition) is 1. The van der Waals surface area contributed by atoms with Crippen molar-refractivity contribution in [3.63, 3.8) is 0 Å². The Bertz CT molecular complexity index is 332. The normalized spacial score (nSPS) is 25.0. The van der Waals surface area contributed by atoms with Crippen molar-refractivity contribution in [2.24, 2.45) is 10.9 Å². The Kier molecular flexibility index (Phi) is 9.66. The molecule has 0 aromatic carbocycles. The highest BCUT2D eigenvalue weighted by Gasteiger charge is 2.23. The predicted octanol–water partition coefficient (Wildman–Crippen LogP) is 2.02. The molecule has 2 aliphatic heterocycles. The molecule has 0 bridgehead atoms. The molecule has 1 unspecified atom stereocenters. The van der Waals surface area contributed by atoms with Crippen molar-refractivity contribution in [1.82, 2.24) is 15.1 Å². The van der Waals surface area contributed by atoms with Gasteiger partial charge >= 0.3 is 0 Å². The van der Waals surface area contributed by atoms with Gasteiger partial charge in [0, 0.05) is 39.8 Å². The largest absolute Gasteiger partial charge is 0.378 e. The van der Waals surface area contributed by atoms with Gasteiger partial charge in [0.2, 0.25) is 0 Å². The van der Waals surface area contributed by atoms with Crippen LogP contribution in [0.3, 0.4) is 0 Å². The molecule has 0 aliphatic carbocycles. The molecule has 1 atom stereocenters. The Balaban J connectivity index is 0.00000242. The van der Waals surface area contributed by atoms with E-state index in [1.54, 1.807) is 0 Å². The minimum atomic E-state index is 0. The van der Waals surface area contributed by atoms with Crippen LogP contribution in [-0.2, 0) is 4.74 Å². The Hall–Kier alpha value is -0.0800. The molecule has 0 radical (unpaired) electrons. The van der Waals surface area contributed by atoms with Gasteiger partial charge < -0.3 is 19.9 Å². The van der Waals surface area contributed by atoms with Crippen LogP contribution in [0, 0.1) is 5.92 Å². The molecule has 0 amide bonds. The van der Waals surface area contributed by atoms with E-state index < -0.39 is 0 Å². The van der Waals surface area contributed by atoms with Gasteiger partial charge in [-0.05, 0) is 52.1 Å². The van der Waals surface area contributed by atoms with Crippen molar-refractivity contribution in [3.05, 3.63) is 0 Å². The summed E-state index contributed by atoms with van der Waals surface area (Å²) in [6.45, 7) is 8.50. The fraction of sp³-hybridized carbons (Fsp3) is 0.938. The van der Waals surface area contributed by atoms with E-state index in [0.717, 1.165) is 51.0 Å². The Morgan fingerprint density at radius 1 is 1.23 bits per heavy atom. The van der Waals surface area contributed by atoms with Gasteiger partial charge in [0.15, 0.2) is 5.96 Å². The van der Waals surface area contributed by atoms with Crippen molar-refractivity contribution in [2.75, 3.05) is 53.4 Å². The van der Waals surface area contributed by atoms with Gasteiger partial charge in [0.1, 0.15) is 0 Å². The second kappa shape index (κ2) is 10.6. The first-order chi connectivity index (χ1) is 10.2. The molecule has 1 N–H and O–H groups in total. The van der Waals surface area contributed by atoms with Gasteiger partial charge in [-0.3, -0.25) is 4.99 Å². The minimum absolute atomic E-state index is 0. The maximum atomic E-state index is 5.72. The summed E-state index contributed by atoms with van der Waals surface area (Å²) in [5.74, 6) is 1.82. The molecule has 0 aromatic heterocycles. The lowest BCUT2D eigenvalue weighted by atomic mass is 9.98. The van der Waals surface area contributed by atoms with E-state index >= 15 is 0 Å². The smallest absolute Gasteiger partial charge is 0.193 e. The molecule has 2 aliphatic rings. The summed E-state index contributed by atoms with van der Waals surface area (Å²) in [5, 5.41) is 3.58. The predicted molar refractivity (Wildman–Crippen MR) is 103 cm³/mol. The third kappa shape index (κ3) is 6.20. The number of halogens is 1. The number of hydrogen-bond acceptors (Lipinski definition) is 3. The van der Waals surface area contributed by atoms with Crippen molar-refractivity contribution >= 4 is 29.9 Å². The van der Waals surface area contributed by atoms with Crippen molar-refractivity contribution in [3.8, 4) is 0 Å². The number of guanidine groups is 1. The lowest BCUT2D eigenvalue weighted by Crippen LogP contribution is -2.49. The fourth-order valence-electron chi connectivity index (χ4n) is 3.48. The van der Waals surface area contributed by atoms with Gasteiger partial charge in [0.25, 0.3) is 0 Å². The van der Waals surface area contributed by atoms with E-state index in [2.05, 4.69) is 34.1 Å². The van der Waals surface area contributed by atoms with Crippen LogP contribution in [0.4, 0.5) is 0 Å². The second-order valence-electron chi connectivity index (χ2n) is 6.34. The summed E-state index contributed by atoms with van der Waals surface area (Å²) in [7, 11) is 4.11. The Morgan fingerprint density at radius 2 is 1.95 bits per heavy atom. The van der Waals surface area contributed by atoms with Gasteiger partial charge in [0.05, 0.1) is 6.10 Å². The molecule has 22 heavy (non-hydrogen) atoms. The summed E-state index contributed by atoms with van der Waals surface area (Å²) in [4.78, 5) is 9.28. The van der Waals surface area contributed by atoms with Crippen LogP contribution in [0.5, 0.6) is 0 Å². The molecule has 6 heteroatoms. The van der Waals surface area contributed by atoms with Crippen molar-refractivity contribution in [2.45, 2.75) is 38.7 Å². The number of likely N-dealkylation sites (tertiary alicyclic amines) is 2. The molecule has 0 saturated carbocycles. The molecule has 5 nitrogen and oxygen atoms in total. The molecule has 2 heterocycles. The molecular formula is C16H33IN4O. The highest BCUT2D eigenvalue weighted by atomic mass is 127. The van der Waals surface area contributed by atoms with E-state index in [0.29, 0.717) is 6.10 Å². The van der Waals surface area contributed by atoms with E-state index in [-0.39, 0.29) is 24.0 Å². The lowest BCUT2D eigenvalue weighted by molar-refractivity contribution is 0.0263. The van der Waals surface area contributed by atoms with Gasteiger partial charge in [-0.15, -0.1) is 24.0 Å². The topological polar surface area (TPSA) is 40.1 Å². The standard InChI is InChI=1S/C16H32N4O.HI/c1-4-21-15-7-10-20(11-8-15)16(17-2)18-12-14-6-5-9-19(3)13-14;/h14-15H,4-13H2,1-3H3,(H,17,18);1H. The first kappa shape index (κ1) is 20.0. The zero-order valence-electron chi connectivity index (χ0n) is 14.4. The van der Waals surface area contributed by atoms with Crippen LogP contribution in [0.25, 0.3) is 0 Å². The van der Waals surface area contributed by atoms with Crippen LogP contribution in [0.1, 0.15) is 32.6 Å². The van der Waals surface area contributed by atoms with E-state index in [1.807, 2.05) is 7.05 Å². The van der Waals surface area contributed by atoms with Gasteiger partial charge in [-0.1, -0.05) is 0 Å². The SMILES string of the molecule is CCOC1CCN(C(=NC)NCC2CCCN(C)C2)CC1.I. The maximum absolute atomic E-state index is 5.72. The summed E-state index contributed by atoms with van der Waals surface area (Å²) >= 11 is 0. The Labute approximate surface area is 152 Å². The third-order valence-electron chi connectivity index (χ3n) is 4.63. The Morgan fingerprint density at radius 3 is 2.55 bits per heavy atom. The number of nitrogens with zero attached hydrogens (tertiary/aromatic N) is 3. The van der Waals surface area contributed by atoms with E-state index in [9.17, 15) is 0 Å². The molecule has 0 spiro atoms. The molecule has 2 saturated heterocycles. The number of rotatable bonds is 4. The molecule has 0 aromatic rings. The molecule has 2 fully saturated rings. The monoisotopic (exact) mass is 424 g/mol. The number of piperidine rings is 2. The lowest BCUT2D eigenvalue weighted by Gasteiger charge is -2.35. The quantitative estimate of drug-likeness (QED) is 0.426. The van der Waals surface area contributed by atoms with Crippen LogP contribution < -0.4 is 5.32 Å². The minimum Gasteiger partial charge on any atom is -0.378 e. The average Bonchev–Trinajstić information content (AvgIpc) is 2.50. The van der Waals surface area contributed by atoms with Crippen LogP contribution in [-0.4, -0.2) is 75.3 Å². The highest BCUT2D eigenvalue weighted by molar-refractivity contribution is 14.0. The summed E-state index contributed by atoms with van der Waals surface area (Å²) in [6, 6.07) is 0. The van der Waals surface area contributed by atoms with Crippen LogP contribution in [0.15, 0.2) is 4.99 Å². The fourth-order valence-corrected chi connectivity index (χ4v) is 3.48. The van der Waals surface area contributed by atoms with Crippen LogP contribution in [0.2, 0.25) is 0 Å². The van der Waals surface area contributed by atoms with Gasteiger partial charge in [-0.25, -0.2) is 0 Å².